The number of aromatic nitrogens is 1. The quantitative estimate of drug-likeness (QED) is 0.422. The van der Waals surface area contributed by atoms with Gasteiger partial charge in [-0.25, -0.2) is 0 Å². The molecular formula is C13H14N6. The molecule has 0 aliphatic rings. The average Bonchev–Trinajstić information content (AvgIpc) is 2.87. The van der Waals surface area contributed by atoms with E-state index in [1.165, 1.54) is 0 Å². The molecule has 0 atom stereocenters. The summed E-state index contributed by atoms with van der Waals surface area (Å²) in [6.07, 6.45) is 1.92. The van der Waals surface area contributed by atoms with Crippen LogP contribution in [0.25, 0.3) is 5.69 Å². The Morgan fingerprint density at radius 2 is 2.16 bits per heavy atom. The Morgan fingerprint density at radius 1 is 1.32 bits per heavy atom. The average molecular weight is 254 g/mol. The van der Waals surface area contributed by atoms with Crippen LogP contribution in [-0.4, -0.2) is 10.5 Å². The zero-order valence-electron chi connectivity index (χ0n) is 10.2. The number of hydrogen-bond donors (Lipinski definition) is 3. The third kappa shape index (κ3) is 3.04. The van der Waals surface area contributed by atoms with Crippen molar-refractivity contribution >= 4 is 5.96 Å². The molecule has 0 amide bonds. The van der Waals surface area contributed by atoms with Gasteiger partial charge in [0, 0.05) is 17.6 Å². The third-order valence-electron chi connectivity index (χ3n) is 2.55. The van der Waals surface area contributed by atoms with E-state index < -0.39 is 0 Å². The smallest absolute Gasteiger partial charge is 0.208 e. The van der Waals surface area contributed by atoms with E-state index in [1.54, 1.807) is 6.07 Å². The SMILES string of the molecule is N#Cc1cccc(-n2cccc2CNN=C(N)N)c1. The van der Waals surface area contributed by atoms with Gasteiger partial charge in [-0.2, -0.15) is 5.26 Å². The maximum atomic E-state index is 8.91. The molecule has 19 heavy (non-hydrogen) atoms. The van der Waals surface area contributed by atoms with Crippen molar-refractivity contribution in [2.24, 2.45) is 16.6 Å². The summed E-state index contributed by atoms with van der Waals surface area (Å²) in [5.41, 5.74) is 15.8. The highest BCUT2D eigenvalue weighted by Gasteiger charge is 2.03. The molecule has 0 fully saturated rings. The van der Waals surface area contributed by atoms with Gasteiger partial charge >= 0.3 is 0 Å². The molecule has 0 aliphatic carbocycles. The first-order valence-corrected chi connectivity index (χ1v) is 5.69. The number of nitrogens with zero attached hydrogens (tertiary/aromatic N) is 3. The normalized spacial score (nSPS) is 9.63. The molecule has 1 aromatic heterocycles. The minimum atomic E-state index is -0.00964. The number of hydrogen-bond acceptors (Lipinski definition) is 3. The van der Waals surface area contributed by atoms with Crippen molar-refractivity contribution in [3.63, 3.8) is 0 Å². The summed E-state index contributed by atoms with van der Waals surface area (Å²) in [4.78, 5) is 0. The van der Waals surface area contributed by atoms with E-state index in [0.29, 0.717) is 12.1 Å². The molecule has 96 valence electrons. The zero-order chi connectivity index (χ0) is 13.7. The van der Waals surface area contributed by atoms with Gasteiger partial charge in [-0.15, -0.1) is 5.10 Å². The Morgan fingerprint density at radius 3 is 2.89 bits per heavy atom. The fourth-order valence-electron chi connectivity index (χ4n) is 1.75. The van der Waals surface area contributed by atoms with Gasteiger partial charge in [-0.1, -0.05) is 6.07 Å². The van der Waals surface area contributed by atoms with Crippen LogP contribution in [0.4, 0.5) is 0 Å². The highest BCUT2D eigenvalue weighted by molar-refractivity contribution is 5.75. The lowest BCUT2D eigenvalue weighted by molar-refractivity contribution is 0.709. The summed E-state index contributed by atoms with van der Waals surface area (Å²) in [7, 11) is 0. The van der Waals surface area contributed by atoms with Crippen LogP contribution in [0.5, 0.6) is 0 Å². The number of nitriles is 1. The summed E-state index contributed by atoms with van der Waals surface area (Å²) in [6, 6.07) is 13.4. The predicted octanol–water partition coefficient (Wildman–Crippen LogP) is 0.627. The summed E-state index contributed by atoms with van der Waals surface area (Å²) >= 11 is 0. The van der Waals surface area contributed by atoms with Gasteiger partial charge in [0.1, 0.15) is 0 Å². The van der Waals surface area contributed by atoms with Crippen LogP contribution in [0.2, 0.25) is 0 Å². The molecule has 0 unspecified atom stereocenters. The minimum absolute atomic E-state index is 0.00964. The van der Waals surface area contributed by atoms with Crippen LogP contribution in [0, 0.1) is 11.3 Å². The topological polar surface area (TPSA) is 105 Å². The van der Waals surface area contributed by atoms with Crippen molar-refractivity contribution in [2.45, 2.75) is 6.54 Å². The first kappa shape index (κ1) is 12.5. The first-order chi connectivity index (χ1) is 9.20. The Balaban J connectivity index is 2.23. The van der Waals surface area contributed by atoms with E-state index in [4.69, 9.17) is 16.7 Å². The Kier molecular flexibility index (Phi) is 3.69. The van der Waals surface area contributed by atoms with Crippen LogP contribution in [-0.2, 0) is 6.54 Å². The van der Waals surface area contributed by atoms with Gasteiger partial charge in [0.25, 0.3) is 0 Å². The molecule has 1 heterocycles. The van der Waals surface area contributed by atoms with Gasteiger partial charge in [0.05, 0.1) is 18.2 Å². The molecule has 2 rings (SSSR count). The third-order valence-corrected chi connectivity index (χ3v) is 2.55. The van der Waals surface area contributed by atoms with E-state index in [9.17, 15) is 0 Å². The van der Waals surface area contributed by atoms with Crippen molar-refractivity contribution in [1.82, 2.24) is 9.99 Å². The van der Waals surface area contributed by atoms with Crippen molar-refractivity contribution in [2.75, 3.05) is 0 Å². The number of rotatable bonds is 4. The minimum Gasteiger partial charge on any atom is -0.369 e. The standard InChI is InChI=1S/C13H14N6/c14-8-10-3-1-4-11(7-10)19-6-2-5-12(19)9-17-18-13(15)16/h1-7,17H,9H2,(H4,15,16,18). The second kappa shape index (κ2) is 5.60. The van der Waals surface area contributed by atoms with Gasteiger partial charge in [0.15, 0.2) is 0 Å². The van der Waals surface area contributed by atoms with Gasteiger partial charge in [0.2, 0.25) is 5.96 Å². The molecule has 0 radical (unpaired) electrons. The predicted molar refractivity (Wildman–Crippen MR) is 73.1 cm³/mol. The number of nitrogens with two attached hydrogens (primary N) is 2. The highest BCUT2D eigenvalue weighted by atomic mass is 15.3. The summed E-state index contributed by atoms with van der Waals surface area (Å²) in [6.45, 7) is 0.488. The van der Waals surface area contributed by atoms with E-state index >= 15 is 0 Å². The lowest BCUT2D eigenvalue weighted by atomic mass is 10.2. The number of guanidine groups is 1. The van der Waals surface area contributed by atoms with Crippen LogP contribution in [0.3, 0.4) is 0 Å². The number of hydrazone groups is 1. The van der Waals surface area contributed by atoms with Crippen molar-refractivity contribution in [3.8, 4) is 11.8 Å². The monoisotopic (exact) mass is 254 g/mol. The lowest BCUT2D eigenvalue weighted by Crippen LogP contribution is -2.26. The maximum absolute atomic E-state index is 8.91. The molecule has 0 bridgehead atoms. The maximum Gasteiger partial charge on any atom is 0.208 e. The summed E-state index contributed by atoms with van der Waals surface area (Å²) < 4.78 is 1.97. The Bertz CT molecular complexity index is 631. The Labute approximate surface area is 110 Å². The number of nitrogens with one attached hydrogen (secondary N) is 1. The molecule has 0 saturated carbocycles. The van der Waals surface area contributed by atoms with E-state index in [2.05, 4.69) is 16.6 Å². The molecule has 6 nitrogen and oxygen atoms in total. The van der Waals surface area contributed by atoms with Crippen molar-refractivity contribution in [1.29, 1.82) is 5.26 Å². The van der Waals surface area contributed by atoms with Crippen LogP contribution < -0.4 is 16.9 Å². The second-order valence-corrected chi connectivity index (χ2v) is 3.90. The van der Waals surface area contributed by atoms with Crippen molar-refractivity contribution in [3.05, 3.63) is 53.9 Å². The molecule has 1 aromatic carbocycles. The first-order valence-electron chi connectivity index (χ1n) is 5.69. The molecule has 0 saturated heterocycles. The molecule has 6 heteroatoms. The van der Waals surface area contributed by atoms with E-state index in [-0.39, 0.29) is 5.96 Å². The highest BCUT2D eigenvalue weighted by Crippen LogP contribution is 2.14. The Hall–Kier alpha value is -2.94. The van der Waals surface area contributed by atoms with E-state index in [1.807, 2.05) is 41.1 Å². The van der Waals surface area contributed by atoms with E-state index in [0.717, 1.165) is 11.4 Å². The number of benzene rings is 1. The van der Waals surface area contributed by atoms with Gasteiger partial charge in [-0.05, 0) is 30.3 Å². The molecular weight excluding hydrogens is 240 g/mol. The molecule has 2 aromatic rings. The fraction of sp³-hybridized carbons (Fsp3) is 0.0769. The molecule has 0 spiro atoms. The summed E-state index contributed by atoms with van der Waals surface area (Å²) in [5.74, 6) is -0.00964. The fourth-order valence-corrected chi connectivity index (χ4v) is 1.75. The van der Waals surface area contributed by atoms with Gasteiger partial charge < -0.3 is 21.5 Å². The largest absolute Gasteiger partial charge is 0.369 e. The van der Waals surface area contributed by atoms with Crippen molar-refractivity contribution < 1.29 is 0 Å². The second-order valence-electron chi connectivity index (χ2n) is 3.90. The van der Waals surface area contributed by atoms with Crippen LogP contribution in [0.1, 0.15) is 11.3 Å². The van der Waals surface area contributed by atoms with Crippen LogP contribution >= 0.6 is 0 Å². The summed E-state index contributed by atoms with van der Waals surface area (Å²) in [5, 5.41) is 12.6. The lowest BCUT2D eigenvalue weighted by Gasteiger charge is -2.09. The molecule has 0 aliphatic heterocycles. The zero-order valence-corrected chi connectivity index (χ0v) is 10.2. The van der Waals surface area contributed by atoms with Gasteiger partial charge in [-0.3, -0.25) is 0 Å². The van der Waals surface area contributed by atoms with Crippen LogP contribution in [0.15, 0.2) is 47.7 Å². The molecule has 5 N–H and O–H groups in total.